The molecule has 2 aliphatic rings. The van der Waals surface area contributed by atoms with Crippen molar-refractivity contribution in [1.29, 1.82) is 0 Å². The molecule has 9 heteroatoms. The molecule has 2 aromatic carbocycles. The fourth-order valence-corrected chi connectivity index (χ4v) is 6.11. The van der Waals surface area contributed by atoms with Gasteiger partial charge in [0.1, 0.15) is 5.82 Å². The summed E-state index contributed by atoms with van der Waals surface area (Å²) in [5.41, 5.74) is 3.28. The Morgan fingerprint density at radius 2 is 1.86 bits per heavy atom. The molecule has 7 nitrogen and oxygen atoms in total. The molecule has 0 amide bonds. The van der Waals surface area contributed by atoms with E-state index in [2.05, 4.69) is 36.2 Å². The monoisotopic (exact) mass is 613 g/mol. The molecule has 1 aliphatic carbocycles. The van der Waals surface area contributed by atoms with Crippen molar-refractivity contribution < 1.29 is 8.91 Å². The Morgan fingerprint density at radius 3 is 2.64 bits per heavy atom. The van der Waals surface area contributed by atoms with Crippen LogP contribution in [-0.2, 0) is 6.54 Å². The Bertz CT molecular complexity index is 1780. The highest BCUT2D eigenvalue weighted by Gasteiger charge is 2.25. The molecule has 1 atom stereocenters. The van der Waals surface area contributed by atoms with Gasteiger partial charge >= 0.3 is 0 Å². The van der Waals surface area contributed by atoms with Gasteiger partial charge in [-0.15, -0.1) is 0 Å². The molecular formula is C35H37ClFN5O2. The Hall–Kier alpha value is -4.01. The van der Waals surface area contributed by atoms with Crippen LogP contribution in [0.2, 0.25) is 5.02 Å². The lowest BCUT2D eigenvalue weighted by Gasteiger charge is -2.34. The number of fused-ring (bicyclic) bond motifs is 1. The van der Waals surface area contributed by atoms with E-state index in [-0.39, 0.29) is 28.1 Å². The molecule has 6 rings (SSSR count). The number of likely N-dealkylation sites (N-methyl/N-ethyl adjacent to an activating group) is 1. The zero-order valence-electron chi connectivity index (χ0n) is 25.2. The van der Waals surface area contributed by atoms with Gasteiger partial charge in [0.15, 0.2) is 0 Å². The average molecular weight is 614 g/mol. The highest BCUT2D eigenvalue weighted by atomic mass is 35.5. The van der Waals surface area contributed by atoms with Crippen LogP contribution in [0.15, 0.2) is 87.9 Å². The van der Waals surface area contributed by atoms with Gasteiger partial charge in [-0.2, -0.15) is 4.98 Å². The minimum atomic E-state index is -0.413. The van der Waals surface area contributed by atoms with Crippen molar-refractivity contribution in [2.24, 2.45) is 0 Å². The molecule has 0 radical (unpaired) electrons. The summed E-state index contributed by atoms with van der Waals surface area (Å²) in [6.45, 7) is 5.72. The second-order valence-electron chi connectivity index (χ2n) is 11.6. The van der Waals surface area contributed by atoms with Crippen LogP contribution < -0.4 is 10.3 Å². The first kappa shape index (κ1) is 30.0. The van der Waals surface area contributed by atoms with Gasteiger partial charge in [0.05, 0.1) is 22.7 Å². The van der Waals surface area contributed by atoms with Gasteiger partial charge in [0.25, 0.3) is 0 Å². The van der Waals surface area contributed by atoms with Gasteiger partial charge < -0.3 is 18.9 Å². The highest BCUT2D eigenvalue weighted by Crippen LogP contribution is 2.33. The number of hydrogen-bond donors (Lipinski definition) is 0. The van der Waals surface area contributed by atoms with Crippen molar-refractivity contribution >= 4 is 28.2 Å². The van der Waals surface area contributed by atoms with Crippen LogP contribution in [0.4, 0.5) is 10.1 Å². The number of hydrogen-bond acceptors (Lipinski definition) is 6. The third-order valence-electron chi connectivity index (χ3n) is 8.56. The second-order valence-corrected chi connectivity index (χ2v) is 12.1. The van der Waals surface area contributed by atoms with E-state index in [1.54, 1.807) is 12.3 Å². The molecule has 228 valence electrons. The van der Waals surface area contributed by atoms with Crippen molar-refractivity contribution in [1.82, 2.24) is 19.6 Å². The van der Waals surface area contributed by atoms with E-state index in [1.807, 2.05) is 52.0 Å². The predicted octanol–water partition coefficient (Wildman–Crippen LogP) is 7.36. The van der Waals surface area contributed by atoms with Crippen molar-refractivity contribution in [3.63, 3.8) is 0 Å². The molecule has 0 spiro atoms. The molecule has 3 heterocycles. The first-order valence-electron chi connectivity index (χ1n) is 15.3. The number of aromatic nitrogens is 3. The van der Waals surface area contributed by atoms with Gasteiger partial charge in [-0.1, -0.05) is 84.6 Å². The summed E-state index contributed by atoms with van der Waals surface area (Å²) >= 11 is 6.16. The number of nitrogens with zero attached hydrogens (tertiary/aromatic N) is 5. The number of piperazine rings is 1. The number of unbranched alkanes of at least 4 members (excludes halogenated alkanes) is 1. The summed E-state index contributed by atoms with van der Waals surface area (Å²) in [5, 5.41) is 5.22. The number of pyridine rings is 1. The zero-order valence-corrected chi connectivity index (χ0v) is 25.9. The SMILES string of the molecule is CCCCC(C1=CC=CC=CC1)c1nc(-c2cn(Cc3ccc(Cl)cc3)c3cc(N4CCN(C)CC4)c(F)cc3c2=O)no1. The Kier molecular flexibility index (Phi) is 9.09. The second kappa shape index (κ2) is 13.3. The van der Waals surface area contributed by atoms with Gasteiger partial charge in [-0.25, -0.2) is 4.39 Å². The molecule has 0 saturated carbocycles. The molecule has 2 aromatic heterocycles. The van der Waals surface area contributed by atoms with Crippen LogP contribution >= 0.6 is 11.6 Å². The van der Waals surface area contributed by atoms with Crippen molar-refractivity contribution in [3.8, 4) is 11.4 Å². The summed E-state index contributed by atoms with van der Waals surface area (Å²) in [6, 6.07) is 10.8. The van der Waals surface area contributed by atoms with E-state index in [0.29, 0.717) is 41.8 Å². The average Bonchev–Trinajstić information content (AvgIpc) is 3.35. The third-order valence-corrected chi connectivity index (χ3v) is 8.81. The van der Waals surface area contributed by atoms with Gasteiger partial charge in [0, 0.05) is 49.3 Å². The molecule has 44 heavy (non-hydrogen) atoms. The number of halogens is 2. The summed E-state index contributed by atoms with van der Waals surface area (Å²) in [4.78, 5) is 23.0. The zero-order chi connectivity index (χ0) is 30.6. The van der Waals surface area contributed by atoms with E-state index >= 15 is 4.39 Å². The van der Waals surface area contributed by atoms with Crippen LogP contribution in [0, 0.1) is 5.82 Å². The minimum absolute atomic E-state index is 0.0519. The fourth-order valence-electron chi connectivity index (χ4n) is 5.98. The van der Waals surface area contributed by atoms with Gasteiger partial charge in [-0.3, -0.25) is 4.79 Å². The lowest BCUT2D eigenvalue weighted by molar-refractivity contribution is 0.312. The number of allylic oxidation sites excluding steroid dienone is 6. The highest BCUT2D eigenvalue weighted by molar-refractivity contribution is 6.30. The fraction of sp³-hybridized carbons (Fsp3) is 0.343. The molecule has 4 aromatic rings. The largest absolute Gasteiger partial charge is 0.367 e. The lowest BCUT2D eigenvalue weighted by Crippen LogP contribution is -2.44. The van der Waals surface area contributed by atoms with E-state index < -0.39 is 5.82 Å². The third kappa shape index (κ3) is 6.42. The first-order chi connectivity index (χ1) is 21.4. The quantitative estimate of drug-likeness (QED) is 0.196. The maximum absolute atomic E-state index is 15.7. The summed E-state index contributed by atoms with van der Waals surface area (Å²) in [6.07, 6.45) is 15.8. The molecule has 0 N–H and O–H groups in total. The topological polar surface area (TPSA) is 67.4 Å². The summed E-state index contributed by atoms with van der Waals surface area (Å²) in [7, 11) is 2.07. The maximum atomic E-state index is 15.7. The lowest BCUT2D eigenvalue weighted by atomic mass is 9.91. The molecule has 1 aliphatic heterocycles. The molecule has 0 bridgehead atoms. The predicted molar refractivity (Wildman–Crippen MR) is 175 cm³/mol. The Morgan fingerprint density at radius 1 is 1.07 bits per heavy atom. The van der Waals surface area contributed by atoms with Crippen molar-refractivity contribution in [2.45, 2.75) is 45.1 Å². The van der Waals surface area contributed by atoms with Gasteiger partial charge in [0.2, 0.25) is 17.1 Å². The normalized spacial score (nSPS) is 16.4. The Labute approximate surface area is 261 Å². The van der Waals surface area contributed by atoms with Gasteiger partial charge in [-0.05, 0) is 49.7 Å². The van der Waals surface area contributed by atoms with Crippen LogP contribution in [0.1, 0.15) is 50.0 Å². The van der Waals surface area contributed by atoms with Crippen molar-refractivity contribution in [2.75, 3.05) is 38.1 Å². The van der Waals surface area contributed by atoms with E-state index in [1.165, 1.54) is 11.6 Å². The van der Waals surface area contributed by atoms with Crippen molar-refractivity contribution in [3.05, 3.63) is 111 Å². The maximum Gasteiger partial charge on any atom is 0.234 e. The van der Waals surface area contributed by atoms with E-state index in [4.69, 9.17) is 21.1 Å². The number of rotatable bonds is 9. The Balaban J connectivity index is 1.45. The number of anilines is 1. The van der Waals surface area contributed by atoms with Crippen LogP contribution in [0.3, 0.4) is 0 Å². The van der Waals surface area contributed by atoms with Crippen LogP contribution in [0.25, 0.3) is 22.3 Å². The summed E-state index contributed by atoms with van der Waals surface area (Å²) in [5.74, 6) is 0.235. The van der Waals surface area contributed by atoms with Crippen LogP contribution in [-0.4, -0.2) is 52.8 Å². The summed E-state index contributed by atoms with van der Waals surface area (Å²) < 4.78 is 23.5. The standard InChI is InChI=1S/C35H37ClFN5O2/c1-3-4-11-27(25-9-7-5-6-8-10-25)35-38-34(39-44-35)29-23-42(22-24-12-14-26(36)15-13-24)31-21-32(30(37)20-28(31)33(29)43)41-18-16-40(2)17-19-41/h5-9,12-15,20-21,23,27H,3-4,10-11,16-19,22H2,1-2H3. The van der Waals surface area contributed by atoms with Crippen LogP contribution in [0.5, 0.6) is 0 Å². The molecular weight excluding hydrogens is 577 g/mol. The smallest absolute Gasteiger partial charge is 0.234 e. The molecule has 1 saturated heterocycles. The number of benzene rings is 2. The van der Waals surface area contributed by atoms with E-state index in [0.717, 1.165) is 44.3 Å². The first-order valence-corrected chi connectivity index (χ1v) is 15.7. The molecule has 1 unspecified atom stereocenters. The van der Waals surface area contributed by atoms with E-state index in [9.17, 15) is 4.79 Å². The molecule has 1 fully saturated rings. The minimum Gasteiger partial charge on any atom is -0.367 e.